The minimum absolute atomic E-state index is 0.424. The summed E-state index contributed by atoms with van der Waals surface area (Å²) in [5, 5.41) is 26.4. The van der Waals surface area contributed by atoms with Crippen LogP contribution in [0.1, 0.15) is 6.92 Å². The van der Waals surface area contributed by atoms with E-state index < -0.39 is 17.1 Å². The predicted molar refractivity (Wildman–Crippen MR) is 33.3 cm³/mol. The van der Waals surface area contributed by atoms with Gasteiger partial charge in [-0.25, -0.2) is 5.11 Å². The topological polar surface area (TPSA) is 60.4 Å². The minimum atomic E-state index is -1.77. The lowest BCUT2D eigenvalue weighted by Gasteiger charge is -2.47. The van der Waals surface area contributed by atoms with Crippen molar-refractivity contribution >= 4 is 11.8 Å². The van der Waals surface area contributed by atoms with Crippen LogP contribution in [0, 0.1) is 5.41 Å². The summed E-state index contributed by atoms with van der Waals surface area (Å²) in [4.78, 5) is 0. The molecule has 9 heavy (non-hydrogen) atoms. The van der Waals surface area contributed by atoms with E-state index in [0.717, 1.165) is 11.8 Å². The average molecular weight is 149 g/mol. The molecule has 0 amide bonds. The Kier molecular flexibility index (Phi) is 1.51. The van der Waals surface area contributed by atoms with Gasteiger partial charge in [-0.05, 0) is 0 Å². The standard InChI is InChI=1S/C5H9O3S/c1-4(2-6)3-9-5(4,7)8/h7-8H,2-3H2,1H3. The third kappa shape index (κ3) is 0.864. The highest BCUT2D eigenvalue weighted by molar-refractivity contribution is 8.01. The fraction of sp³-hybridized carbons (Fsp3) is 1.00. The zero-order valence-corrected chi connectivity index (χ0v) is 5.94. The van der Waals surface area contributed by atoms with Gasteiger partial charge in [0.25, 0.3) is 0 Å². The second-order valence-corrected chi connectivity index (χ2v) is 3.75. The molecule has 1 radical (unpaired) electrons. The number of aliphatic hydroxyl groups is 2. The smallest absolute Gasteiger partial charge is 0.221 e. The van der Waals surface area contributed by atoms with E-state index in [1.165, 1.54) is 0 Å². The monoisotopic (exact) mass is 149 g/mol. The minimum Gasteiger partial charge on any atom is -0.357 e. The van der Waals surface area contributed by atoms with E-state index in [9.17, 15) is 5.11 Å². The van der Waals surface area contributed by atoms with Crippen molar-refractivity contribution in [3.63, 3.8) is 0 Å². The Hall–Kier alpha value is 0.230. The van der Waals surface area contributed by atoms with Gasteiger partial charge in [0.05, 0.1) is 12.0 Å². The lowest BCUT2D eigenvalue weighted by atomic mass is 9.92. The highest BCUT2D eigenvalue weighted by Crippen LogP contribution is 2.51. The van der Waals surface area contributed by atoms with Crippen LogP contribution in [0.2, 0.25) is 0 Å². The molecule has 1 aliphatic heterocycles. The Morgan fingerprint density at radius 1 is 1.67 bits per heavy atom. The van der Waals surface area contributed by atoms with Crippen LogP contribution >= 0.6 is 11.8 Å². The van der Waals surface area contributed by atoms with Crippen molar-refractivity contribution in [1.29, 1.82) is 0 Å². The molecule has 53 valence electrons. The van der Waals surface area contributed by atoms with E-state index in [0.29, 0.717) is 5.75 Å². The van der Waals surface area contributed by atoms with E-state index in [4.69, 9.17) is 10.2 Å². The highest BCUT2D eigenvalue weighted by Gasteiger charge is 2.55. The van der Waals surface area contributed by atoms with E-state index in [-0.39, 0.29) is 0 Å². The summed E-state index contributed by atoms with van der Waals surface area (Å²) >= 11 is 1.01. The Balaban J connectivity index is 2.62. The van der Waals surface area contributed by atoms with Crippen LogP contribution in [0.25, 0.3) is 0 Å². The largest absolute Gasteiger partial charge is 0.357 e. The Morgan fingerprint density at radius 3 is 2.22 bits per heavy atom. The highest BCUT2D eigenvalue weighted by atomic mass is 32.2. The maximum atomic E-state index is 10.3. The molecule has 1 fully saturated rings. The molecular formula is C5H9O3S. The molecule has 0 aliphatic carbocycles. The Labute approximate surface area is 57.7 Å². The molecule has 0 aromatic rings. The van der Waals surface area contributed by atoms with Gasteiger partial charge in [-0.1, -0.05) is 18.7 Å². The van der Waals surface area contributed by atoms with Gasteiger partial charge in [0.15, 0.2) is 0 Å². The van der Waals surface area contributed by atoms with Crippen molar-refractivity contribution in [1.82, 2.24) is 0 Å². The first-order chi connectivity index (χ1) is 4.02. The van der Waals surface area contributed by atoms with Crippen LogP contribution in [0.3, 0.4) is 0 Å². The molecule has 0 bridgehead atoms. The zero-order chi connectivity index (χ0) is 7.12. The molecule has 0 spiro atoms. The van der Waals surface area contributed by atoms with E-state index in [2.05, 4.69) is 0 Å². The first-order valence-electron chi connectivity index (χ1n) is 2.69. The van der Waals surface area contributed by atoms with Crippen LogP contribution in [-0.2, 0) is 5.11 Å². The summed E-state index contributed by atoms with van der Waals surface area (Å²) in [7, 11) is 0. The van der Waals surface area contributed by atoms with Gasteiger partial charge in [-0.15, -0.1) is 0 Å². The quantitative estimate of drug-likeness (QED) is 0.508. The van der Waals surface area contributed by atoms with Crippen molar-refractivity contribution in [3.05, 3.63) is 0 Å². The SMILES string of the molecule is CC1(C[O])CSC1(O)O. The van der Waals surface area contributed by atoms with Gasteiger partial charge < -0.3 is 10.2 Å². The first kappa shape index (κ1) is 7.34. The Morgan fingerprint density at radius 2 is 2.22 bits per heavy atom. The molecule has 1 saturated heterocycles. The summed E-state index contributed by atoms with van der Waals surface area (Å²) in [6.45, 7) is 1.16. The third-order valence-electron chi connectivity index (χ3n) is 1.70. The lowest BCUT2D eigenvalue weighted by Crippen LogP contribution is -2.56. The van der Waals surface area contributed by atoms with Gasteiger partial charge in [-0.2, -0.15) is 0 Å². The second kappa shape index (κ2) is 1.85. The van der Waals surface area contributed by atoms with Gasteiger partial charge in [0, 0.05) is 5.75 Å². The average Bonchev–Trinajstić information content (AvgIpc) is 1.84. The van der Waals surface area contributed by atoms with Gasteiger partial charge in [0.2, 0.25) is 5.12 Å². The fourth-order valence-electron chi connectivity index (χ4n) is 0.583. The van der Waals surface area contributed by atoms with E-state index in [1.54, 1.807) is 6.92 Å². The molecular weight excluding hydrogens is 140 g/mol. The van der Waals surface area contributed by atoms with Crippen molar-refractivity contribution < 1.29 is 15.3 Å². The van der Waals surface area contributed by atoms with Crippen molar-refractivity contribution in [3.8, 4) is 0 Å². The maximum absolute atomic E-state index is 10.3. The maximum Gasteiger partial charge on any atom is 0.221 e. The molecule has 3 nitrogen and oxygen atoms in total. The van der Waals surface area contributed by atoms with Gasteiger partial charge in [-0.3, -0.25) is 0 Å². The zero-order valence-electron chi connectivity index (χ0n) is 5.13. The van der Waals surface area contributed by atoms with Crippen LogP contribution in [-0.4, -0.2) is 27.7 Å². The van der Waals surface area contributed by atoms with Crippen molar-refractivity contribution in [2.45, 2.75) is 12.0 Å². The summed E-state index contributed by atoms with van der Waals surface area (Å²) in [5.74, 6) is 0.545. The molecule has 1 unspecified atom stereocenters. The molecule has 1 heterocycles. The summed E-state index contributed by atoms with van der Waals surface area (Å²) < 4.78 is 0. The summed E-state index contributed by atoms with van der Waals surface area (Å²) in [6, 6.07) is 0. The molecule has 4 heteroatoms. The summed E-state index contributed by atoms with van der Waals surface area (Å²) in [5.41, 5.74) is -0.822. The molecule has 1 aliphatic rings. The number of rotatable bonds is 1. The van der Waals surface area contributed by atoms with Crippen LogP contribution in [0.4, 0.5) is 0 Å². The summed E-state index contributed by atoms with van der Waals surface area (Å²) in [6.07, 6.45) is 0. The lowest BCUT2D eigenvalue weighted by molar-refractivity contribution is -0.189. The predicted octanol–water partition coefficient (Wildman–Crippen LogP) is -0.192. The third-order valence-corrected chi connectivity index (χ3v) is 3.37. The van der Waals surface area contributed by atoms with Gasteiger partial charge in [0.1, 0.15) is 0 Å². The molecule has 0 aromatic carbocycles. The fourth-order valence-corrected chi connectivity index (χ4v) is 1.62. The van der Waals surface area contributed by atoms with Gasteiger partial charge >= 0.3 is 0 Å². The van der Waals surface area contributed by atoms with Crippen molar-refractivity contribution in [2.75, 3.05) is 12.4 Å². The molecule has 0 saturated carbocycles. The normalized spacial score (nSPS) is 40.0. The van der Waals surface area contributed by atoms with E-state index >= 15 is 0 Å². The number of hydrogen-bond donors (Lipinski definition) is 2. The van der Waals surface area contributed by atoms with Crippen molar-refractivity contribution in [2.24, 2.45) is 5.41 Å². The number of thioether (sulfide) groups is 1. The first-order valence-corrected chi connectivity index (χ1v) is 3.67. The molecule has 1 atom stereocenters. The number of hydrogen-bond acceptors (Lipinski definition) is 3. The van der Waals surface area contributed by atoms with E-state index in [1.807, 2.05) is 0 Å². The molecule has 0 aromatic heterocycles. The Bertz CT molecular complexity index is 121. The van der Waals surface area contributed by atoms with Crippen LogP contribution in [0.15, 0.2) is 0 Å². The molecule has 2 N–H and O–H groups in total. The molecule has 1 rings (SSSR count). The second-order valence-electron chi connectivity index (χ2n) is 2.60. The van der Waals surface area contributed by atoms with Crippen LogP contribution < -0.4 is 0 Å². The van der Waals surface area contributed by atoms with Crippen LogP contribution in [0.5, 0.6) is 0 Å².